The van der Waals surface area contributed by atoms with Crippen LogP contribution in [0.2, 0.25) is 5.02 Å². The van der Waals surface area contributed by atoms with Crippen molar-refractivity contribution in [2.24, 2.45) is 0 Å². The number of amides is 2. The monoisotopic (exact) mass is 453 g/mol. The lowest BCUT2D eigenvalue weighted by Crippen LogP contribution is -2.54. The number of nitrogens with one attached hydrogen (secondary N) is 1. The van der Waals surface area contributed by atoms with Gasteiger partial charge in [0.05, 0.1) is 10.6 Å². The number of non-ortho nitro benzene ring substituents is 1. The molecule has 2 heterocycles. The number of furan rings is 1. The molecule has 0 aliphatic carbocycles. The molecule has 1 aliphatic rings. The van der Waals surface area contributed by atoms with Crippen molar-refractivity contribution in [1.29, 1.82) is 0 Å². The number of nitrogens with zero attached hydrogens (tertiary/aromatic N) is 2. The Labute approximate surface area is 185 Å². The van der Waals surface area contributed by atoms with E-state index in [-0.39, 0.29) is 22.1 Å². The highest BCUT2D eigenvalue weighted by atomic mass is 35.5. The van der Waals surface area contributed by atoms with Gasteiger partial charge in [-0.25, -0.2) is 0 Å². The second kappa shape index (κ2) is 8.13. The Bertz CT molecular complexity index is 1250. The average molecular weight is 454 g/mol. The summed E-state index contributed by atoms with van der Waals surface area (Å²) in [5, 5.41) is 13.7. The van der Waals surface area contributed by atoms with E-state index in [4.69, 9.17) is 28.2 Å². The second-order valence-electron chi connectivity index (χ2n) is 6.44. The molecule has 1 N–H and O–H groups in total. The van der Waals surface area contributed by atoms with Crippen LogP contribution in [0.15, 0.2) is 70.7 Å². The molecule has 0 atom stereocenters. The zero-order valence-electron chi connectivity index (χ0n) is 15.6. The van der Waals surface area contributed by atoms with E-state index in [1.165, 1.54) is 23.1 Å². The van der Waals surface area contributed by atoms with Gasteiger partial charge < -0.3 is 4.42 Å². The van der Waals surface area contributed by atoms with Gasteiger partial charge in [0.25, 0.3) is 17.5 Å². The molecule has 2 aromatic carbocycles. The van der Waals surface area contributed by atoms with Gasteiger partial charge in [0.2, 0.25) is 0 Å². The minimum Gasteiger partial charge on any atom is -0.457 e. The highest BCUT2D eigenvalue weighted by Gasteiger charge is 2.34. The van der Waals surface area contributed by atoms with Crippen molar-refractivity contribution in [2.45, 2.75) is 0 Å². The summed E-state index contributed by atoms with van der Waals surface area (Å²) in [5.74, 6) is -0.566. The number of carbonyl (C=O) groups is 2. The highest BCUT2D eigenvalue weighted by Crippen LogP contribution is 2.27. The average Bonchev–Trinajstić information content (AvgIpc) is 3.21. The molecule has 1 aliphatic heterocycles. The van der Waals surface area contributed by atoms with Gasteiger partial charge in [0.1, 0.15) is 17.1 Å². The standard InChI is InChI=1S/C21H12ClN3O5S/c22-13-3-7-14(8-4-13)24-20(27)17(19(26)23-21(24)31)11-16-9-10-18(30-16)12-1-5-15(6-2-12)25(28)29/h1-11H,(H,23,26,31)/b17-11+. The number of hydrogen-bond donors (Lipinski definition) is 1. The number of nitro benzene ring substituents is 1. The Morgan fingerprint density at radius 1 is 1.03 bits per heavy atom. The Kier molecular flexibility index (Phi) is 5.37. The normalized spacial score (nSPS) is 15.3. The van der Waals surface area contributed by atoms with Crippen LogP contribution < -0.4 is 10.2 Å². The molecule has 10 heteroatoms. The van der Waals surface area contributed by atoms with Crippen LogP contribution in [0.25, 0.3) is 17.4 Å². The van der Waals surface area contributed by atoms with Gasteiger partial charge in [-0.15, -0.1) is 0 Å². The summed E-state index contributed by atoms with van der Waals surface area (Å²) >= 11 is 11.0. The molecule has 0 bridgehead atoms. The molecule has 1 aromatic heterocycles. The Morgan fingerprint density at radius 2 is 1.71 bits per heavy atom. The van der Waals surface area contributed by atoms with Crippen LogP contribution in [0, 0.1) is 10.1 Å². The first-order valence-corrected chi connectivity index (χ1v) is 9.64. The molecule has 31 heavy (non-hydrogen) atoms. The van der Waals surface area contributed by atoms with Gasteiger partial charge in [-0.3, -0.25) is 29.9 Å². The molecule has 3 aromatic rings. The second-order valence-corrected chi connectivity index (χ2v) is 7.26. The van der Waals surface area contributed by atoms with E-state index >= 15 is 0 Å². The quantitative estimate of drug-likeness (QED) is 0.207. The SMILES string of the molecule is O=C1NC(=S)N(c2ccc(Cl)cc2)C(=O)/C1=C/c1ccc(-c2ccc([N+](=O)[O-])cc2)o1. The van der Waals surface area contributed by atoms with Crippen LogP contribution >= 0.6 is 23.8 Å². The first-order valence-electron chi connectivity index (χ1n) is 8.85. The van der Waals surface area contributed by atoms with Crippen LogP contribution in [-0.4, -0.2) is 21.9 Å². The Hall–Kier alpha value is -3.82. The van der Waals surface area contributed by atoms with Gasteiger partial charge in [-0.05, 0) is 66.8 Å². The summed E-state index contributed by atoms with van der Waals surface area (Å²) in [6, 6.07) is 15.5. The van der Waals surface area contributed by atoms with E-state index < -0.39 is 16.7 Å². The van der Waals surface area contributed by atoms with Gasteiger partial charge >= 0.3 is 0 Å². The first kappa shape index (κ1) is 20.5. The molecule has 154 valence electrons. The van der Waals surface area contributed by atoms with Crippen LogP contribution in [0.4, 0.5) is 11.4 Å². The number of benzene rings is 2. The molecule has 8 nitrogen and oxygen atoms in total. The van der Waals surface area contributed by atoms with Gasteiger partial charge in [-0.2, -0.15) is 0 Å². The molecule has 0 saturated carbocycles. The molecule has 0 spiro atoms. The first-order chi connectivity index (χ1) is 14.8. The van der Waals surface area contributed by atoms with Crippen molar-refractivity contribution < 1.29 is 18.9 Å². The summed E-state index contributed by atoms with van der Waals surface area (Å²) in [4.78, 5) is 36.9. The smallest absolute Gasteiger partial charge is 0.270 e. The lowest BCUT2D eigenvalue weighted by atomic mass is 10.1. The molecule has 2 amide bonds. The van der Waals surface area contributed by atoms with Crippen LogP contribution in [0.5, 0.6) is 0 Å². The van der Waals surface area contributed by atoms with E-state index in [1.807, 2.05) is 0 Å². The van der Waals surface area contributed by atoms with Crippen molar-refractivity contribution in [2.75, 3.05) is 4.90 Å². The van der Waals surface area contributed by atoms with Gasteiger partial charge in [-0.1, -0.05) is 11.6 Å². The van der Waals surface area contributed by atoms with E-state index in [9.17, 15) is 19.7 Å². The van der Waals surface area contributed by atoms with Crippen molar-refractivity contribution >= 4 is 58.2 Å². The molecule has 1 fully saturated rings. The third kappa shape index (κ3) is 4.09. The number of rotatable bonds is 4. The summed E-state index contributed by atoms with van der Waals surface area (Å²) in [5.41, 5.74) is 0.864. The zero-order valence-corrected chi connectivity index (χ0v) is 17.1. The fraction of sp³-hybridized carbons (Fsp3) is 0. The maximum Gasteiger partial charge on any atom is 0.270 e. The molecule has 1 saturated heterocycles. The molecule has 0 unspecified atom stereocenters. The van der Waals surface area contributed by atoms with Crippen LogP contribution in [0.3, 0.4) is 0 Å². The molecule has 4 rings (SSSR count). The number of halogens is 1. The number of carbonyl (C=O) groups excluding carboxylic acids is 2. The predicted octanol–water partition coefficient (Wildman–Crippen LogP) is 4.34. The van der Waals surface area contributed by atoms with Crippen LogP contribution in [-0.2, 0) is 9.59 Å². The summed E-state index contributed by atoms with van der Waals surface area (Å²) in [6.07, 6.45) is 1.32. The third-order valence-corrected chi connectivity index (χ3v) is 5.00. The Morgan fingerprint density at radius 3 is 2.35 bits per heavy atom. The molecular weight excluding hydrogens is 442 g/mol. The van der Waals surface area contributed by atoms with E-state index in [0.717, 1.165) is 0 Å². The zero-order chi connectivity index (χ0) is 22.1. The number of hydrogen-bond acceptors (Lipinski definition) is 6. The summed E-state index contributed by atoms with van der Waals surface area (Å²) in [7, 11) is 0. The fourth-order valence-electron chi connectivity index (χ4n) is 2.96. The Balaban J connectivity index is 1.63. The predicted molar refractivity (Wildman–Crippen MR) is 118 cm³/mol. The van der Waals surface area contributed by atoms with E-state index in [0.29, 0.717) is 22.0 Å². The number of thiocarbonyl (C=S) groups is 1. The lowest BCUT2D eigenvalue weighted by Gasteiger charge is -2.28. The maximum atomic E-state index is 13.0. The van der Waals surface area contributed by atoms with Crippen molar-refractivity contribution in [1.82, 2.24) is 5.32 Å². The fourth-order valence-corrected chi connectivity index (χ4v) is 3.36. The minimum absolute atomic E-state index is 0.0412. The maximum absolute atomic E-state index is 13.0. The van der Waals surface area contributed by atoms with Gasteiger partial charge in [0, 0.05) is 22.7 Å². The number of nitro groups is 1. The summed E-state index contributed by atoms with van der Waals surface area (Å²) < 4.78 is 5.71. The minimum atomic E-state index is -0.645. The summed E-state index contributed by atoms with van der Waals surface area (Å²) in [6.45, 7) is 0. The lowest BCUT2D eigenvalue weighted by molar-refractivity contribution is -0.384. The van der Waals surface area contributed by atoms with Crippen molar-refractivity contribution in [3.63, 3.8) is 0 Å². The van der Waals surface area contributed by atoms with E-state index in [2.05, 4.69) is 5.32 Å². The highest BCUT2D eigenvalue weighted by molar-refractivity contribution is 7.80. The molecule has 0 radical (unpaired) electrons. The number of anilines is 1. The van der Waals surface area contributed by atoms with Crippen molar-refractivity contribution in [3.8, 4) is 11.3 Å². The third-order valence-electron chi connectivity index (χ3n) is 4.46. The largest absolute Gasteiger partial charge is 0.457 e. The van der Waals surface area contributed by atoms with E-state index in [1.54, 1.807) is 48.5 Å². The van der Waals surface area contributed by atoms with Crippen molar-refractivity contribution in [3.05, 3.63) is 87.1 Å². The topological polar surface area (TPSA) is 106 Å². The van der Waals surface area contributed by atoms with Gasteiger partial charge in [0.15, 0.2) is 5.11 Å². The molecular formula is C21H12ClN3O5S. The van der Waals surface area contributed by atoms with Crippen LogP contribution in [0.1, 0.15) is 5.76 Å².